The lowest BCUT2D eigenvalue weighted by molar-refractivity contribution is -0.135. The van der Waals surface area contributed by atoms with Crippen molar-refractivity contribution in [3.8, 4) is 0 Å². The first-order valence-corrected chi connectivity index (χ1v) is 9.74. The predicted octanol–water partition coefficient (Wildman–Crippen LogP) is 1.66. The summed E-state index contributed by atoms with van der Waals surface area (Å²) in [4.78, 5) is 27.5. The largest absolute Gasteiger partial charge is 0.382 e. The Labute approximate surface area is 161 Å². The number of halogens is 1. The fourth-order valence-electron chi connectivity index (χ4n) is 5.01. The van der Waals surface area contributed by atoms with Gasteiger partial charge in [-0.15, -0.1) is 0 Å². The van der Waals surface area contributed by atoms with Gasteiger partial charge >= 0.3 is 0 Å². The van der Waals surface area contributed by atoms with Crippen LogP contribution in [-0.2, 0) is 9.59 Å². The van der Waals surface area contributed by atoms with Crippen molar-refractivity contribution in [2.75, 3.05) is 6.54 Å². The number of carbonyl (C=O) groups excluding carboxylic acids is 2. The van der Waals surface area contributed by atoms with Crippen LogP contribution >= 0.6 is 0 Å². The molecule has 2 aromatic heterocycles. The highest BCUT2D eigenvalue weighted by Crippen LogP contribution is 2.40. The van der Waals surface area contributed by atoms with Crippen LogP contribution in [0.4, 0.5) is 4.39 Å². The molecule has 4 heterocycles. The Hall–Kier alpha value is -2.90. The molecule has 0 aromatic carbocycles. The average Bonchev–Trinajstić information content (AvgIpc) is 3.23. The van der Waals surface area contributed by atoms with E-state index in [0.29, 0.717) is 23.3 Å². The second kappa shape index (κ2) is 6.32. The van der Waals surface area contributed by atoms with Crippen molar-refractivity contribution in [1.29, 1.82) is 0 Å². The minimum absolute atomic E-state index is 0.0523. The topological polar surface area (TPSA) is 78.7 Å². The summed E-state index contributed by atoms with van der Waals surface area (Å²) in [5, 5.41) is 10.7. The van der Waals surface area contributed by atoms with Crippen LogP contribution < -0.4 is 10.6 Å². The quantitative estimate of drug-likeness (QED) is 0.785. The molecule has 3 atom stereocenters. The number of amides is 2. The Morgan fingerprint density at radius 2 is 2.11 bits per heavy atom. The van der Waals surface area contributed by atoms with Gasteiger partial charge in [0.05, 0.1) is 29.4 Å². The first kappa shape index (κ1) is 17.2. The maximum Gasteiger partial charge on any atom is 0.251 e. The minimum Gasteiger partial charge on any atom is -0.382 e. The van der Waals surface area contributed by atoms with E-state index in [4.69, 9.17) is 0 Å². The van der Waals surface area contributed by atoms with Gasteiger partial charge < -0.3 is 15.5 Å². The molecule has 1 aliphatic carbocycles. The van der Waals surface area contributed by atoms with Crippen LogP contribution in [0.1, 0.15) is 44.3 Å². The van der Waals surface area contributed by atoms with Crippen molar-refractivity contribution in [2.45, 2.75) is 50.7 Å². The summed E-state index contributed by atoms with van der Waals surface area (Å²) >= 11 is 0. The lowest BCUT2D eigenvalue weighted by Gasteiger charge is -2.42. The molecule has 7 nitrogen and oxygen atoms in total. The van der Waals surface area contributed by atoms with Crippen LogP contribution in [0.15, 0.2) is 35.7 Å². The monoisotopic (exact) mass is 383 g/mol. The fraction of sp³-hybridized carbons (Fsp3) is 0.450. The van der Waals surface area contributed by atoms with Gasteiger partial charge in [-0.2, -0.15) is 5.10 Å². The molecule has 146 valence electrons. The van der Waals surface area contributed by atoms with E-state index in [-0.39, 0.29) is 23.9 Å². The number of carbonyl (C=O) groups is 2. The molecule has 3 aliphatic rings. The van der Waals surface area contributed by atoms with Crippen LogP contribution in [0.2, 0.25) is 0 Å². The van der Waals surface area contributed by atoms with E-state index < -0.39 is 11.9 Å². The molecule has 0 bridgehead atoms. The zero-order valence-corrected chi connectivity index (χ0v) is 15.6. The number of fused-ring (bicyclic) bond motifs is 2. The summed E-state index contributed by atoms with van der Waals surface area (Å²) in [6.45, 7) is 1.92. The molecule has 0 radical (unpaired) electrons. The molecule has 0 unspecified atom stereocenters. The third kappa shape index (κ3) is 2.51. The number of hydrogen-bond donors (Lipinski definition) is 2. The highest BCUT2D eigenvalue weighted by Gasteiger charge is 2.46. The molecule has 2 aromatic rings. The number of pyridine rings is 1. The number of nitrogens with zero attached hydrogens (tertiary/aromatic N) is 3. The van der Waals surface area contributed by atoms with Crippen molar-refractivity contribution in [3.05, 3.63) is 47.2 Å². The van der Waals surface area contributed by atoms with Crippen LogP contribution in [0, 0.1) is 5.82 Å². The van der Waals surface area contributed by atoms with Crippen molar-refractivity contribution in [3.63, 3.8) is 0 Å². The third-order valence-corrected chi connectivity index (χ3v) is 6.13. The molecule has 2 N–H and O–H groups in total. The van der Waals surface area contributed by atoms with Gasteiger partial charge in [0.2, 0.25) is 5.91 Å². The molecule has 1 fully saturated rings. The highest BCUT2D eigenvalue weighted by atomic mass is 19.1. The fourth-order valence-corrected chi connectivity index (χ4v) is 5.01. The second-order valence-corrected chi connectivity index (χ2v) is 7.77. The standard InChI is InChI=1S/C20H22FN5O2/c1-11(27)25-16-5-3-2-4-14(16)24-15-10-22-20(28)18(15)19(25)17-9-12(21)8-13-6-7-23-26(13)17/h6-9,14,16,19,24H,2-5,10H2,1H3,(H,22,28)/t14-,16-,19-/m1/s1. The summed E-state index contributed by atoms with van der Waals surface area (Å²) in [5.74, 6) is -0.756. The summed E-state index contributed by atoms with van der Waals surface area (Å²) in [6, 6.07) is 3.85. The first-order chi connectivity index (χ1) is 13.5. The van der Waals surface area contributed by atoms with E-state index in [2.05, 4.69) is 15.7 Å². The zero-order chi connectivity index (χ0) is 19.4. The van der Waals surface area contributed by atoms with Gasteiger partial charge in [0, 0.05) is 24.9 Å². The molecule has 2 amide bonds. The molecule has 8 heteroatoms. The normalized spacial score (nSPS) is 27.1. The lowest BCUT2D eigenvalue weighted by Crippen LogP contribution is -2.53. The van der Waals surface area contributed by atoms with Gasteiger partial charge in [-0.3, -0.25) is 9.59 Å². The van der Waals surface area contributed by atoms with E-state index in [0.717, 1.165) is 31.4 Å². The van der Waals surface area contributed by atoms with Crippen LogP contribution in [-0.4, -0.2) is 45.0 Å². The number of hydrogen-bond acceptors (Lipinski definition) is 4. The van der Waals surface area contributed by atoms with Gasteiger partial charge in [0.25, 0.3) is 5.91 Å². The smallest absolute Gasteiger partial charge is 0.251 e. The Bertz CT molecular complexity index is 1010. The number of rotatable bonds is 1. The predicted molar refractivity (Wildman–Crippen MR) is 99.6 cm³/mol. The SMILES string of the molecule is CC(=O)N1[C@@H]2CCCC[C@H]2NC2=C(C(=O)NC2)[C@H]1c1cc(F)cc2ccnn12. The van der Waals surface area contributed by atoms with E-state index in [1.165, 1.54) is 19.1 Å². The van der Waals surface area contributed by atoms with Crippen molar-refractivity contribution >= 4 is 17.3 Å². The van der Waals surface area contributed by atoms with Crippen LogP contribution in [0.3, 0.4) is 0 Å². The molecule has 0 spiro atoms. The van der Waals surface area contributed by atoms with Gasteiger partial charge in [0.1, 0.15) is 11.9 Å². The molecule has 2 aliphatic heterocycles. The summed E-state index contributed by atoms with van der Waals surface area (Å²) < 4.78 is 16.1. The van der Waals surface area contributed by atoms with Gasteiger partial charge in [-0.25, -0.2) is 8.91 Å². The zero-order valence-electron chi connectivity index (χ0n) is 15.6. The Morgan fingerprint density at radius 3 is 2.93 bits per heavy atom. The second-order valence-electron chi connectivity index (χ2n) is 7.77. The maximum absolute atomic E-state index is 14.5. The van der Waals surface area contributed by atoms with Gasteiger partial charge in [-0.1, -0.05) is 12.8 Å². The van der Waals surface area contributed by atoms with Crippen LogP contribution in [0.25, 0.3) is 5.52 Å². The molecular formula is C20H22FN5O2. The van der Waals surface area contributed by atoms with Crippen molar-refractivity contribution in [2.24, 2.45) is 0 Å². The third-order valence-electron chi connectivity index (χ3n) is 6.13. The summed E-state index contributed by atoms with van der Waals surface area (Å²) in [7, 11) is 0. The lowest BCUT2D eigenvalue weighted by atomic mass is 9.88. The Kier molecular flexibility index (Phi) is 3.89. The highest BCUT2D eigenvalue weighted by molar-refractivity contribution is 5.99. The molecule has 28 heavy (non-hydrogen) atoms. The van der Waals surface area contributed by atoms with Gasteiger partial charge in [0.15, 0.2) is 0 Å². The molecule has 0 saturated heterocycles. The van der Waals surface area contributed by atoms with E-state index in [9.17, 15) is 14.0 Å². The van der Waals surface area contributed by atoms with E-state index in [1.807, 2.05) is 0 Å². The van der Waals surface area contributed by atoms with E-state index >= 15 is 0 Å². The Balaban J connectivity index is 1.77. The minimum atomic E-state index is -0.686. The van der Waals surface area contributed by atoms with Crippen molar-refractivity contribution in [1.82, 2.24) is 25.1 Å². The maximum atomic E-state index is 14.5. The summed E-state index contributed by atoms with van der Waals surface area (Å²) in [5.41, 5.74) is 2.39. The number of aromatic nitrogens is 2. The molecule has 1 saturated carbocycles. The number of nitrogens with one attached hydrogen (secondary N) is 2. The average molecular weight is 383 g/mol. The first-order valence-electron chi connectivity index (χ1n) is 9.74. The summed E-state index contributed by atoms with van der Waals surface area (Å²) in [6.07, 6.45) is 5.49. The van der Waals surface area contributed by atoms with Gasteiger partial charge in [-0.05, 0) is 31.0 Å². The van der Waals surface area contributed by atoms with E-state index in [1.54, 1.807) is 21.7 Å². The Morgan fingerprint density at radius 1 is 1.29 bits per heavy atom. The van der Waals surface area contributed by atoms with Crippen LogP contribution in [0.5, 0.6) is 0 Å². The molecular weight excluding hydrogens is 361 g/mol. The molecule has 5 rings (SSSR count). The van der Waals surface area contributed by atoms with Crippen molar-refractivity contribution < 1.29 is 14.0 Å².